The zero-order valence-corrected chi connectivity index (χ0v) is 21.1. The quantitative estimate of drug-likeness (QED) is 0.508. The van der Waals surface area contributed by atoms with E-state index in [1.165, 1.54) is 29.7 Å². The highest BCUT2D eigenvalue weighted by molar-refractivity contribution is 7.93. The van der Waals surface area contributed by atoms with E-state index in [1.54, 1.807) is 36.4 Å². The van der Waals surface area contributed by atoms with Gasteiger partial charge in [-0.15, -0.1) is 0 Å². The third kappa shape index (κ3) is 4.93. The van der Waals surface area contributed by atoms with Gasteiger partial charge in [0.2, 0.25) is 0 Å². The molecule has 0 unspecified atom stereocenters. The summed E-state index contributed by atoms with van der Waals surface area (Å²) in [5.41, 5.74) is 1.30. The first kappa shape index (κ1) is 24.2. The minimum Gasteiger partial charge on any atom is -0.371 e. The van der Waals surface area contributed by atoms with Gasteiger partial charge in [-0.2, -0.15) is 0 Å². The summed E-state index contributed by atoms with van der Waals surface area (Å²) in [6, 6.07) is 13.2. The number of nitrogens with one attached hydrogen (secondary N) is 1. The fourth-order valence-corrected chi connectivity index (χ4v) is 6.53. The Balaban J connectivity index is 1.71. The Labute approximate surface area is 203 Å². The molecule has 0 spiro atoms. The molecule has 0 radical (unpaired) electrons. The molecule has 2 aromatic carbocycles. The number of sulfone groups is 1. The summed E-state index contributed by atoms with van der Waals surface area (Å²) in [6.07, 6.45) is 4.20. The summed E-state index contributed by atoms with van der Waals surface area (Å²) in [6.45, 7) is 1.51. The molecule has 1 N–H and O–H groups in total. The Morgan fingerprint density at radius 3 is 2.35 bits per heavy atom. The van der Waals surface area contributed by atoms with E-state index in [1.807, 2.05) is 4.90 Å². The molecule has 0 aliphatic carbocycles. The number of sulfonamides is 1. The second-order valence-electron chi connectivity index (χ2n) is 7.89. The SMILES string of the molecule is CN(c1ccccc1)S(=O)(=O)c1ccc(N2CCCC2)c(C(=O)Nc2ncc(S(C)(=O)=O)s2)c1. The number of thiazole rings is 1. The molecule has 0 bridgehead atoms. The number of carbonyl (C=O) groups is 1. The molecular formula is C22H24N4O5S3. The van der Waals surface area contributed by atoms with Gasteiger partial charge in [-0.05, 0) is 43.2 Å². The van der Waals surface area contributed by atoms with Crippen LogP contribution in [0.4, 0.5) is 16.5 Å². The molecule has 0 saturated carbocycles. The number of aromatic nitrogens is 1. The van der Waals surface area contributed by atoms with Gasteiger partial charge in [0.25, 0.3) is 15.9 Å². The topological polar surface area (TPSA) is 117 Å². The Morgan fingerprint density at radius 1 is 1.06 bits per heavy atom. The average molecular weight is 521 g/mol. The molecule has 2 heterocycles. The average Bonchev–Trinajstić information content (AvgIpc) is 3.51. The van der Waals surface area contributed by atoms with E-state index in [0.29, 0.717) is 11.4 Å². The Kier molecular flexibility index (Phi) is 6.65. The van der Waals surface area contributed by atoms with Crippen LogP contribution in [-0.2, 0) is 19.9 Å². The highest BCUT2D eigenvalue weighted by Crippen LogP contribution is 2.31. The molecule has 1 aliphatic heterocycles. The van der Waals surface area contributed by atoms with Crippen molar-refractivity contribution in [1.29, 1.82) is 0 Å². The third-order valence-electron chi connectivity index (χ3n) is 5.51. The van der Waals surface area contributed by atoms with Gasteiger partial charge in [0.1, 0.15) is 4.21 Å². The van der Waals surface area contributed by atoms with Crippen molar-refractivity contribution in [3.05, 3.63) is 60.3 Å². The summed E-state index contributed by atoms with van der Waals surface area (Å²) in [5, 5.41) is 2.74. The van der Waals surface area contributed by atoms with Crippen molar-refractivity contribution >= 4 is 53.6 Å². The normalized spacial score (nSPS) is 14.2. The standard InChI is InChI=1S/C22H24N4O5S3/c1-25(16-8-4-3-5-9-16)34(30,31)17-10-11-19(26-12-6-7-13-26)18(14-17)21(27)24-22-23-15-20(32-22)33(2,28)29/h3-5,8-11,14-15H,6-7,12-13H2,1-2H3,(H,23,24,27). The molecule has 34 heavy (non-hydrogen) atoms. The van der Waals surface area contributed by atoms with E-state index in [-0.39, 0.29) is 19.8 Å². The molecule has 0 atom stereocenters. The Hall–Kier alpha value is -2.96. The Morgan fingerprint density at radius 2 is 1.74 bits per heavy atom. The highest BCUT2D eigenvalue weighted by atomic mass is 32.2. The number of hydrogen-bond donors (Lipinski definition) is 1. The number of anilines is 3. The lowest BCUT2D eigenvalue weighted by Gasteiger charge is -2.23. The second-order valence-corrected chi connectivity index (χ2v) is 13.1. The van der Waals surface area contributed by atoms with Crippen LogP contribution in [-0.4, -0.2) is 54.1 Å². The summed E-state index contributed by atoms with van der Waals surface area (Å²) in [7, 11) is -5.93. The summed E-state index contributed by atoms with van der Waals surface area (Å²) in [4.78, 5) is 19.2. The van der Waals surface area contributed by atoms with E-state index >= 15 is 0 Å². The molecular weight excluding hydrogens is 496 g/mol. The maximum atomic E-state index is 13.3. The van der Waals surface area contributed by atoms with Gasteiger partial charge in [0, 0.05) is 32.1 Å². The van der Waals surface area contributed by atoms with Crippen LogP contribution in [0, 0.1) is 0 Å². The molecule has 3 aromatic rings. The monoisotopic (exact) mass is 520 g/mol. The fourth-order valence-electron chi connectivity index (χ4n) is 3.68. The van der Waals surface area contributed by atoms with Crippen LogP contribution in [0.25, 0.3) is 0 Å². The maximum absolute atomic E-state index is 13.3. The minimum atomic E-state index is -3.93. The predicted octanol–water partition coefficient (Wildman–Crippen LogP) is 3.22. The first-order valence-electron chi connectivity index (χ1n) is 10.5. The summed E-state index contributed by atoms with van der Waals surface area (Å²) in [5.74, 6) is -0.560. The highest BCUT2D eigenvalue weighted by Gasteiger charge is 2.27. The largest absolute Gasteiger partial charge is 0.371 e. The van der Waals surface area contributed by atoms with Gasteiger partial charge in [-0.3, -0.25) is 14.4 Å². The number of carbonyl (C=O) groups excluding carboxylic acids is 1. The first-order chi connectivity index (χ1) is 16.1. The predicted molar refractivity (Wildman–Crippen MR) is 133 cm³/mol. The van der Waals surface area contributed by atoms with Crippen LogP contribution in [0.2, 0.25) is 0 Å². The molecule has 9 nitrogen and oxygen atoms in total. The molecule has 1 fully saturated rings. The molecule has 1 aromatic heterocycles. The Bertz CT molecular complexity index is 1410. The van der Waals surface area contributed by atoms with Gasteiger partial charge < -0.3 is 4.90 Å². The van der Waals surface area contributed by atoms with Crippen molar-refractivity contribution in [2.24, 2.45) is 0 Å². The molecule has 1 amide bonds. The van der Waals surface area contributed by atoms with E-state index in [2.05, 4.69) is 10.3 Å². The lowest BCUT2D eigenvalue weighted by Crippen LogP contribution is -2.28. The van der Waals surface area contributed by atoms with Gasteiger partial charge in [-0.25, -0.2) is 21.8 Å². The van der Waals surface area contributed by atoms with Crippen LogP contribution in [0.1, 0.15) is 23.2 Å². The van der Waals surface area contributed by atoms with Crippen LogP contribution in [0.3, 0.4) is 0 Å². The van der Waals surface area contributed by atoms with Gasteiger partial charge in [0.05, 0.1) is 22.3 Å². The van der Waals surface area contributed by atoms with E-state index in [0.717, 1.165) is 43.5 Å². The number of nitrogens with zero attached hydrogens (tertiary/aromatic N) is 3. The zero-order chi connectivity index (χ0) is 24.5. The van der Waals surface area contributed by atoms with Crippen molar-refractivity contribution < 1.29 is 21.6 Å². The van der Waals surface area contributed by atoms with Gasteiger partial charge >= 0.3 is 0 Å². The van der Waals surface area contributed by atoms with Crippen LogP contribution >= 0.6 is 11.3 Å². The van der Waals surface area contributed by atoms with Crippen molar-refractivity contribution in [2.45, 2.75) is 21.9 Å². The van der Waals surface area contributed by atoms with Crippen LogP contribution in [0.5, 0.6) is 0 Å². The number of benzene rings is 2. The minimum absolute atomic E-state index is 0.0251. The molecule has 4 rings (SSSR count). The van der Waals surface area contributed by atoms with Crippen LogP contribution in [0.15, 0.2) is 63.8 Å². The van der Waals surface area contributed by atoms with E-state index in [4.69, 9.17) is 0 Å². The van der Waals surface area contributed by atoms with Crippen molar-refractivity contribution in [3.8, 4) is 0 Å². The van der Waals surface area contributed by atoms with E-state index in [9.17, 15) is 21.6 Å². The lowest BCUT2D eigenvalue weighted by molar-refractivity contribution is 0.102. The van der Waals surface area contributed by atoms with Gasteiger partial charge in [-0.1, -0.05) is 29.5 Å². The van der Waals surface area contributed by atoms with Crippen molar-refractivity contribution in [3.63, 3.8) is 0 Å². The zero-order valence-electron chi connectivity index (χ0n) is 18.6. The van der Waals surface area contributed by atoms with Gasteiger partial charge in [0.15, 0.2) is 15.0 Å². The first-order valence-corrected chi connectivity index (χ1v) is 14.6. The number of amides is 1. The second kappa shape index (κ2) is 9.35. The molecule has 180 valence electrons. The van der Waals surface area contributed by atoms with Crippen molar-refractivity contribution in [1.82, 2.24) is 4.98 Å². The smallest absolute Gasteiger partial charge is 0.264 e. The number of para-hydroxylation sites is 1. The van der Waals surface area contributed by atoms with E-state index < -0.39 is 25.8 Å². The maximum Gasteiger partial charge on any atom is 0.264 e. The third-order valence-corrected chi connectivity index (χ3v) is 9.99. The van der Waals surface area contributed by atoms with Crippen LogP contribution < -0.4 is 14.5 Å². The molecule has 1 saturated heterocycles. The lowest BCUT2D eigenvalue weighted by atomic mass is 10.1. The number of hydrogen-bond acceptors (Lipinski definition) is 8. The molecule has 1 aliphatic rings. The number of rotatable bonds is 7. The van der Waals surface area contributed by atoms with Crippen molar-refractivity contribution in [2.75, 3.05) is 40.9 Å². The summed E-state index contributed by atoms with van der Waals surface area (Å²) < 4.78 is 51.3. The molecule has 12 heteroatoms. The fraction of sp³-hybridized carbons (Fsp3) is 0.273. The summed E-state index contributed by atoms with van der Waals surface area (Å²) >= 11 is 0.842.